The van der Waals surface area contributed by atoms with Gasteiger partial charge in [0.1, 0.15) is 0 Å². The standard InChI is InChI=1S/C10H21NOS/c1-4-11(7-5-6-8-13)9-10(2,3)12/h5-6,12-13H,4,7-9H2,1-3H3. The number of hydrogen-bond acceptors (Lipinski definition) is 3. The van der Waals surface area contributed by atoms with Crippen molar-refractivity contribution in [2.75, 3.05) is 25.4 Å². The van der Waals surface area contributed by atoms with E-state index in [0.29, 0.717) is 6.54 Å². The molecule has 0 amide bonds. The number of rotatable bonds is 6. The van der Waals surface area contributed by atoms with Crippen LogP contribution in [-0.2, 0) is 0 Å². The van der Waals surface area contributed by atoms with E-state index in [1.54, 1.807) is 0 Å². The number of nitrogens with zero attached hydrogens (tertiary/aromatic N) is 1. The first-order valence-corrected chi connectivity index (χ1v) is 5.33. The molecule has 3 heteroatoms. The highest BCUT2D eigenvalue weighted by Gasteiger charge is 2.15. The van der Waals surface area contributed by atoms with Crippen LogP contribution < -0.4 is 0 Å². The van der Waals surface area contributed by atoms with E-state index in [1.807, 2.05) is 19.9 Å². The highest BCUT2D eigenvalue weighted by molar-refractivity contribution is 7.80. The van der Waals surface area contributed by atoms with E-state index in [4.69, 9.17) is 0 Å². The molecule has 0 bridgehead atoms. The number of likely N-dealkylation sites (N-methyl/N-ethyl adjacent to an activating group) is 1. The van der Waals surface area contributed by atoms with E-state index in [1.165, 1.54) is 0 Å². The van der Waals surface area contributed by atoms with Gasteiger partial charge in [0.25, 0.3) is 0 Å². The molecule has 13 heavy (non-hydrogen) atoms. The molecule has 0 aromatic rings. The molecule has 2 nitrogen and oxygen atoms in total. The van der Waals surface area contributed by atoms with Gasteiger partial charge in [0.05, 0.1) is 5.60 Å². The lowest BCUT2D eigenvalue weighted by atomic mass is 10.1. The molecule has 1 N–H and O–H groups in total. The highest BCUT2D eigenvalue weighted by Crippen LogP contribution is 2.04. The van der Waals surface area contributed by atoms with Crippen LogP contribution >= 0.6 is 12.6 Å². The third-order valence-electron chi connectivity index (χ3n) is 1.69. The van der Waals surface area contributed by atoms with Gasteiger partial charge in [0, 0.05) is 18.8 Å². The average molecular weight is 203 g/mol. The molecule has 0 heterocycles. The average Bonchev–Trinajstić information content (AvgIpc) is 2.01. The third kappa shape index (κ3) is 8.34. The molecule has 0 unspecified atom stereocenters. The minimum absolute atomic E-state index is 0.606. The molecule has 0 aromatic heterocycles. The molecule has 0 spiro atoms. The van der Waals surface area contributed by atoms with E-state index in [9.17, 15) is 5.11 Å². The van der Waals surface area contributed by atoms with Crippen molar-refractivity contribution >= 4 is 12.6 Å². The third-order valence-corrected chi connectivity index (χ3v) is 1.90. The lowest BCUT2D eigenvalue weighted by Crippen LogP contribution is -2.38. The molecule has 0 aliphatic heterocycles. The normalized spacial score (nSPS) is 13.1. The monoisotopic (exact) mass is 203 g/mol. The minimum atomic E-state index is -0.606. The van der Waals surface area contributed by atoms with Crippen molar-refractivity contribution in [3.8, 4) is 0 Å². The van der Waals surface area contributed by atoms with Crippen LogP contribution in [-0.4, -0.2) is 41.0 Å². The largest absolute Gasteiger partial charge is 0.389 e. The van der Waals surface area contributed by atoms with E-state index < -0.39 is 5.60 Å². The number of hydrogen-bond donors (Lipinski definition) is 2. The van der Waals surface area contributed by atoms with Crippen LogP contribution in [0.2, 0.25) is 0 Å². The first-order valence-electron chi connectivity index (χ1n) is 4.70. The zero-order valence-electron chi connectivity index (χ0n) is 8.82. The topological polar surface area (TPSA) is 23.5 Å². The highest BCUT2D eigenvalue weighted by atomic mass is 32.1. The molecule has 0 aliphatic carbocycles. The van der Waals surface area contributed by atoms with E-state index in [-0.39, 0.29) is 0 Å². The SMILES string of the molecule is CCN(CC=CCS)CC(C)(C)O. The quantitative estimate of drug-likeness (QED) is 0.505. The lowest BCUT2D eigenvalue weighted by molar-refractivity contribution is 0.0416. The fourth-order valence-electron chi connectivity index (χ4n) is 1.15. The zero-order valence-corrected chi connectivity index (χ0v) is 9.72. The smallest absolute Gasteiger partial charge is 0.0718 e. The van der Waals surface area contributed by atoms with Gasteiger partial charge in [-0.3, -0.25) is 4.90 Å². The van der Waals surface area contributed by atoms with Crippen molar-refractivity contribution in [2.45, 2.75) is 26.4 Å². The van der Waals surface area contributed by atoms with Crippen LogP contribution in [0.4, 0.5) is 0 Å². The molecular formula is C10H21NOS. The summed E-state index contributed by atoms with van der Waals surface area (Å²) in [5.41, 5.74) is -0.606. The molecule has 0 saturated heterocycles. The maximum absolute atomic E-state index is 9.59. The summed E-state index contributed by atoms with van der Waals surface area (Å²) in [4.78, 5) is 2.19. The predicted molar refractivity (Wildman–Crippen MR) is 61.4 cm³/mol. The van der Waals surface area contributed by atoms with Gasteiger partial charge in [0.15, 0.2) is 0 Å². The van der Waals surface area contributed by atoms with Crippen LogP contribution in [0.3, 0.4) is 0 Å². The van der Waals surface area contributed by atoms with Gasteiger partial charge in [-0.25, -0.2) is 0 Å². The molecule has 0 radical (unpaired) electrons. The Kier molecular flexibility index (Phi) is 6.47. The summed E-state index contributed by atoms with van der Waals surface area (Å²) in [6.45, 7) is 8.32. The summed E-state index contributed by atoms with van der Waals surface area (Å²) in [5, 5.41) is 9.59. The van der Waals surface area contributed by atoms with E-state index >= 15 is 0 Å². The Balaban J connectivity index is 3.83. The summed E-state index contributed by atoms with van der Waals surface area (Å²) in [6.07, 6.45) is 4.11. The Hall–Kier alpha value is 0.01000. The Labute approximate surface area is 87.0 Å². The second kappa shape index (κ2) is 6.46. The fourth-order valence-corrected chi connectivity index (χ4v) is 1.30. The van der Waals surface area contributed by atoms with Crippen molar-refractivity contribution in [3.63, 3.8) is 0 Å². The minimum Gasteiger partial charge on any atom is -0.389 e. The van der Waals surface area contributed by atoms with Crippen molar-refractivity contribution in [3.05, 3.63) is 12.2 Å². The zero-order chi connectivity index (χ0) is 10.3. The molecule has 0 atom stereocenters. The molecule has 0 aromatic carbocycles. The summed E-state index contributed by atoms with van der Waals surface area (Å²) in [7, 11) is 0. The molecular weight excluding hydrogens is 182 g/mol. The van der Waals surface area contributed by atoms with Crippen molar-refractivity contribution in [1.29, 1.82) is 0 Å². The summed E-state index contributed by atoms with van der Waals surface area (Å²) in [5.74, 6) is 0.778. The van der Waals surface area contributed by atoms with Crippen molar-refractivity contribution < 1.29 is 5.11 Å². The Bertz CT molecular complexity index is 151. The molecule has 78 valence electrons. The van der Waals surface area contributed by atoms with Gasteiger partial charge in [-0.1, -0.05) is 19.1 Å². The first kappa shape index (κ1) is 13.0. The van der Waals surface area contributed by atoms with Gasteiger partial charge in [-0.15, -0.1) is 0 Å². The van der Waals surface area contributed by atoms with E-state index in [0.717, 1.165) is 18.8 Å². The van der Waals surface area contributed by atoms with Crippen LogP contribution in [0.25, 0.3) is 0 Å². The Morgan fingerprint density at radius 1 is 1.38 bits per heavy atom. The first-order chi connectivity index (χ1) is 5.99. The maximum Gasteiger partial charge on any atom is 0.0718 e. The lowest BCUT2D eigenvalue weighted by Gasteiger charge is -2.26. The molecule has 0 fully saturated rings. The van der Waals surface area contributed by atoms with Crippen molar-refractivity contribution in [2.24, 2.45) is 0 Å². The van der Waals surface area contributed by atoms with Crippen LogP contribution in [0.5, 0.6) is 0 Å². The van der Waals surface area contributed by atoms with Gasteiger partial charge < -0.3 is 5.11 Å². The summed E-state index contributed by atoms with van der Waals surface area (Å²) in [6, 6.07) is 0. The van der Waals surface area contributed by atoms with Crippen LogP contribution in [0.1, 0.15) is 20.8 Å². The second-order valence-electron chi connectivity index (χ2n) is 3.79. The summed E-state index contributed by atoms with van der Waals surface area (Å²) >= 11 is 4.08. The molecule has 0 rings (SSSR count). The van der Waals surface area contributed by atoms with Gasteiger partial charge in [-0.2, -0.15) is 12.6 Å². The van der Waals surface area contributed by atoms with Gasteiger partial charge in [0.2, 0.25) is 0 Å². The van der Waals surface area contributed by atoms with E-state index in [2.05, 4.69) is 30.5 Å². The maximum atomic E-state index is 9.59. The predicted octanol–water partition coefficient (Wildman–Crippen LogP) is 1.57. The van der Waals surface area contributed by atoms with Gasteiger partial charge >= 0.3 is 0 Å². The molecule has 0 saturated carbocycles. The molecule has 0 aliphatic rings. The van der Waals surface area contributed by atoms with Gasteiger partial charge in [-0.05, 0) is 20.4 Å². The van der Waals surface area contributed by atoms with Crippen molar-refractivity contribution in [1.82, 2.24) is 4.90 Å². The number of aliphatic hydroxyl groups is 1. The van der Waals surface area contributed by atoms with Crippen LogP contribution in [0, 0.1) is 0 Å². The Morgan fingerprint density at radius 2 is 2.00 bits per heavy atom. The summed E-state index contributed by atoms with van der Waals surface area (Å²) < 4.78 is 0. The Morgan fingerprint density at radius 3 is 2.38 bits per heavy atom. The van der Waals surface area contributed by atoms with Crippen LogP contribution in [0.15, 0.2) is 12.2 Å². The number of thiol groups is 1. The second-order valence-corrected chi connectivity index (χ2v) is 4.16. The fraction of sp³-hybridized carbons (Fsp3) is 0.800.